The Bertz CT molecular complexity index is 3640. The van der Waals surface area contributed by atoms with Gasteiger partial charge in [-0.3, -0.25) is 0 Å². The predicted octanol–water partition coefficient (Wildman–Crippen LogP) is 15.5. The molecule has 12 rings (SSSR count). The van der Waals surface area contributed by atoms with Crippen molar-refractivity contribution >= 4 is 10.8 Å². The summed E-state index contributed by atoms with van der Waals surface area (Å²) in [6.07, 6.45) is 0. The molecular formula is C62H43N5. The maximum Gasteiger partial charge on any atom is 0.164 e. The second kappa shape index (κ2) is 16.4. The maximum absolute atomic E-state index is 5.24. The minimum Gasteiger partial charge on any atom is -0.228 e. The number of fused-ring (bicyclic) bond motifs is 4. The predicted molar refractivity (Wildman–Crippen MR) is 274 cm³/mol. The first kappa shape index (κ1) is 39.9. The van der Waals surface area contributed by atoms with Gasteiger partial charge in [0.1, 0.15) is 0 Å². The zero-order valence-electron chi connectivity index (χ0n) is 37.1. The number of rotatable bonds is 8. The fourth-order valence-electron chi connectivity index (χ4n) is 9.53. The summed E-state index contributed by atoms with van der Waals surface area (Å²) in [5.74, 6) is 2.54. The summed E-state index contributed by atoms with van der Waals surface area (Å²) in [5.41, 5.74) is 17.0. The van der Waals surface area contributed by atoms with Crippen molar-refractivity contribution in [1.29, 1.82) is 0 Å². The molecule has 67 heavy (non-hydrogen) atoms. The maximum atomic E-state index is 5.24. The first-order chi connectivity index (χ1) is 32.9. The highest BCUT2D eigenvalue weighted by Gasteiger charge is 2.36. The summed E-state index contributed by atoms with van der Waals surface area (Å²) in [4.78, 5) is 25.6. The third-order valence-corrected chi connectivity index (χ3v) is 13.1. The molecule has 5 heteroatoms. The highest BCUT2D eigenvalue weighted by molar-refractivity contribution is 5.94. The van der Waals surface area contributed by atoms with Crippen molar-refractivity contribution in [3.63, 3.8) is 0 Å². The molecule has 0 N–H and O–H groups in total. The van der Waals surface area contributed by atoms with Crippen molar-refractivity contribution in [1.82, 2.24) is 24.9 Å². The van der Waals surface area contributed by atoms with E-state index in [1.165, 1.54) is 33.0 Å². The van der Waals surface area contributed by atoms with Crippen LogP contribution in [0, 0.1) is 0 Å². The normalized spacial score (nSPS) is 12.4. The van der Waals surface area contributed by atoms with E-state index in [-0.39, 0.29) is 5.41 Å². The van der Waals surface area contributed by atoms with Gasteiger partial charge < -0.3 is 0 Å². The zero-order valence-corrected chi connectivity index (χ0v) is 37.1. The minimum atomic E-state index is -0.175. The van der Waals surface area contributed by atoms with Gasteiger partial charge in [0.25, 0.3) is 0 Å². The van der Waals surface area contributed by atoms with E-state index in [9.17, 15) is 0 Å². The van der Waals surface area contributed by atoms with Crippen LogP contribution in [0.2, 0.25) is 0 Å². The molecule has 0 aliphatic heterocycles. The summed E-state index contributed by atoms with van der Waals surface area (Å²) >= 11 is 0. The molecule has 0 amide bonds. The minimum absolute atomic E-state index is 0.175. The Morgan fingerprint density at radius 1 is 0.254 bits per heavy atom. The number of hydrogen-bond acceptors (Lipinski definition) is 5. The molecule has 0 bridgehead atoms. The molecule has 0 spiro atoms. The molecular weight excluding hydrogens is 815 g/mol. The summed E-state index contributed by atoms with van der Waals surface area (Å²) in [5, 5.41) is 2.52. The van der Waals surface area contributed by atoms with Gasteiger partial charge in [-0.05, 0) is 91.7 Å². The van der Waals surface area contributed by atoms with Gasteiger partial charge in [-0.1, -0.05) is 202 Å². The Kier molecular flexibility index (Phi) is 9.76. The Morgan fingerprint density at radius 3 is 1.25 bits per heavy atom. The van der Waals surface area contributed by atoms with Crippen molar-refractivity contribution < 1.29 is 0 Å². The molecule has 9 aromatic carbocycles. The smallest absolute Gasteiger partial charge is 0.164 e. The van der Waals surface area contributed by atoms with E-state index in [1.807, 2.05) is 54.6 Å². The lowest BCUT2D eigenvalue weighted by atomic mass is 9.81. The van der Waals surface area contributed by atoms with Crippen LogP contribution in [0.3, 0.4) is 0 Å². The van der Waals surface area contributed by atoms with Crippen LogP contribution in [0.15, 0.2) is 224 Å². The molecule has 11 aromatic rings. The molecule has 0 fully saturated rings. The standard InChI is InChI=1S/C62H43N5/c1-62(2)54-38-50(32-33-52(54)53-36-47-22-12-13-23-48(47)37-55(53)62)57-39-56(63-58(64-57)42-18-8-4-9-19-42)49-26-14-24-45(34-49)46-25-15-27-51(35-46)61-66-59(43-20-10-5-11-21-43)65-60(67-61)44-30-28-41(29-31-44)40-16-6-3-7-17-40/h3-39H,1-2H3. The molecule has 1 aliphatic carbocycles. The Balaban J connectivity index is 0.921. The van der Waals surface area contributed by atoms with E-state index in [1.54, 1.807) is 0 Å². The van der Waals surface area contributed by atoms with E-state index in [0.717, 1.165) is 67.0 Å². The topological polar surface area (TPSA) is 64.5 Å². The lowest BCUT2D eigenvalue weighted by Crippen LogP contribution is -2.15. The number of nitrogens with zero attached hydrogens (tertiary/aromatic N) is 5. The number of hydrogen-bond donors (Lipinski definition) is 0. The summed E-state index contributed by atoms with van der Waals surface area (Å²) in [7, 11) is 0. The second-order valence-electron chi connectivity index (χ2n) is 17.7. The van der Waals surface area contributed by atoms with Crippen LogP contribution >= 0.6 is 0 Å². The Morgan fingerprint density at radius 2 is 0.642 bits per heavy atom. The molecule has 0 atom stereocenters. The average Bonchev–Trinajstić information content (AvgIpc) is 3.62. The van der Waals surface area contributed by atoms with Crippen LogP contribution in [0.4, 0.5) is 0 Å². The largest absolute Gasteiger partial charge is 0.228 e. The highest BCUT2D eigenvalue weighted by Crippen LogP contribution is 2.51. The van der Waals surface area contributed by atoms with Crippen LogP contribution in [0.25, 0.3) is 112 Å². The van der Waals surface area contributed by atoms with Crippen LogP contribution in [0.1, 0.15) is 25.0 Å². The molecule has 2 heterocycles. The van der Waals surface area contributed by atoms with Gasteiger partial charge in [-0.15, -0.1) is 0 Å². The summed E-state index contributed by atoms with van der Waals surface area (Å²) in [6.45, 7) is 4.67. The van der Waals surface area contributed by atoms with Crippen molar-refractivity contribution in [2.45, 2.75) is 19.3 Å². The van der Waals surface area contributed by atoms with Crippen LogP contribution in [-0.4, -0.2) is 24.9 Å². The lowest BCUT2D eigenvalue weighted by molar-refractivity contribution is 0.661. The summed E-state index contributed by atoms with van der Waals surface area (Å²) < 4.78 is 0. The van der Waals surface area contributed by atoms with Crippen molar-refractivity contribution in [3.05, 3.63) is 236 Å². The van der Waals surface area contributed by atoms with Crippen LogP contribution in [0.5, 0.6) is 0 Å². The quantitative estimate of drug-likeness (QED) is 0.152. The van der Waals surface area contributed by atoms with E-state index in [2.05, 4.69) is 184 Å². The fraction of sp³-hybridized carbons (Fsp3) is 0.0484. The van der Waals surface area contributed by atoms with Crippen LogP contribution < -0.4 is 0 Å². The van der Waals surface area contributed by atoms with Gasteiger partial charge in [0.05, 0.1) is 11.4 Å². The van der Waals surface area contributed by atoms with E-state index in [4.69, 9.17) is 24.9 Å². The van der Waals surface area contributed by atoms with Gasteiger partial charge in [-0.2, -0.15) is 0 Å². The third-order valence-electron chi connectivity index (χ3n) is 13.1. The second-order valence-corrected chi connectivity index (χ2v) is 17.7. The van der Waals surface area contributed by atoms with Crippen LogP contribution in [-0.2, 0) is 5.41 Å². The molecule has 0 saturated carbocycles. The monoisotopic (exact) mass is 857 g/mol. The van der Waals surface area contributed by atoms with Gasteiger partial charge in [0, 0.05) is 38.8 Å². The number of aromatic nitrogens is 5. The molecule has 0 saturated heterocycles. The highest BCUT2D eigenvalue weighted by atomic mass is 15.0. The SMILES string of the molecule is CC1(C)c2cc(-c3cc(-c4cccc(-c5cccc(-c6nc(-c7ccccc7)nc(-c7ccc(-c8ccccc8)cc7)n6)c5)c4)nc(-c4ccccc4)n3)ccc2-c2cc3ccccc3cc21. The fourth-order valence-corrected chi connectivity index (χ4v) is 9.53. The Labute approximate surface area is 390 Å². The molecule has 5 nitrogen and oxygen atoms in total. The first-order valence-electron chi connectivity index (χ1n) is 22.7. The van der Waals surface area contributed by atoms with E-state index < -0.39 is 0 Å². The third kappa shape index (κ3) is 7.47. The molecule has 0 radical (unpaired) electrons. The van der Waals surface area contributed by atoms with Gasteiger partial charge in [0.15, 0.2) is 23.3 Å². The van der Waals surface area contributed by atoms with Gasteiger partial charge in [0.2, 0.25) is 0 Å². The molecule has 1 aliphatic rings. The van der Waals surface area contributed by atoms with Crippen molar-refractivity contribution in [3.8, 4) is 101 Å². The molecule has 316 valence electrons. The van der Waals surface area contributed by atoms with Crippen molar-refractivity contribution in [2.24, 2.45) is 0 Å². The Hall–Kier alpha value is -8.67. The van der Waals surface area contributed by atoms with Crippen molar-refractivity contribution in [2.75, 3.05) is 0 Å². The van der Waals surface area contributed by atoms with Gasteiger partial charge in [-0.25, -0.2) is 24.9 Å². The van der Waals surface area contributed by atoms with Gasteiger partial charge >= 0.3 is 0 Å². The number of benzene rings is 9. The van der Waals surface area contributed by atoms with E-state index in [0.29, 0.717) is 23.3 Å². The summed E-state index contributed by atoms with van der Waals surface area (Å²) in [6, 6.07) is 78.6. The molecule has 0 unspecified atom stereocenters. The lowest BCUT2D eigenvalue weighted by Gasteiger charge is -2.22. The van der Waals surface area contributed by atoms with E-state index >= 15 is 0 Å². The first-order valence-corrected chi connectivity index (χ1v) is 22.7. The zero-order chi connectivity index (χ0) is 44.9. The average molecular weight is 858 g/mol. The molecule has 2 aromatic heterocycles.